The highest BCUT2D eigenvalue weighted by Crippen LogP contribution is 2.22. The lowest BCUT2D eigenvalue weighted by Crippen LogP contribution is -2.20. The van der Waals surface area contributed by atoms with E-state index in [1.54, 1.807) is 48.7 Å². The summed E-state index contributed by atoms with van der Waals surface area (Å²) in [6, 6.07) is 17.9. The fourth-order valence-corrected chi connectivity index (χ4v) is 2.04. The average molecular weight is 338 g/mol. The van der Waals surface area contributed by atoms with Crippen molar-refractivity contribution in [2.75, 3.05) is 11.9 Å². The van der Waals surface area contributed by atoms with Crippen molar-refractivity contribution in [3.8, 4) is 17.4 Å². The minimum atomic E-state index is -0.415. The highest BCUT2D eigenvalue weighted by atomic mass is 19.1. The van der Waals surface area contributed by atoms with E-state index in [0.717, 1.165) is 0 Å². The Balaban J connectivity index is 1.50. The van der Waals surface area contributed by atoms with E-state index in [0.29, 0.717) is 23.1 Å². The van der Waals surface area contributed by atoms with E-state index < -0.39 is 5.82 Å². The monoisotopic (exact) mass is 338 g/mol. The number of carbonyl (C=O) groups excluding carboxylic acids is 1. The summed E-state index contributed by atoms with van der Waals surface area (Å²) in [5.74, 6) is 0.824. The van der Waals surface area contributed by atoms with Crippen molar-refractivity contribution in [1.29, 1.82) is 0 Å². The van der Waals surface area contributed by atoms with Gasteiger partial charge in [-0.25, -0.2) is 9.37 Å². The zero-order chi connectivity index (χ0) is 17.5. The van der Waals surface area contributed by atoms with Gasteiger partial charge in [0.1, 0.15) is 17.3 Å². The summed E-state index contributed by atoms with van der Waals surface area (Å²) in [4.78, 5) is 15.9. The topological polar surface area (TPSA) is 60.5 Å². The van der Waals surface area contributed by atoms with Crippen LogP contribution in [0.25, 0.3) is 0 Å². The first-order valence-corrected chi connectivity index (χ1v) is 7.56. The maximum absolute atomic E-state index is 13.1. The molecule has 1 aromatic heterocycles. The smallest absolute Gasteiger partial charge is 0.262 e. The third-order valence-corrected chi connectivity index (χ3v) is 3.16. The molecule has 25 heavy (non-hydrogen) atoms. The first-order chi connectivity index (χ1) is 12.2. The molecule has 0 bridgehead atoms. The Morgan fingerprint density at radius 1 is 1.00 bits per heavy atom. The zero-order valence-electron chi connectivity index (χ0n) is 13.2. The van der Waals surface area contributed by atoms with Crippen LogP contribution in [0.4, 0.5) is 10.1 Å². The lowest BCUT2D eigenvalue weighted by Gasteiger charge is -2.09. The van der Waals surface area contributed by atoms with Gasteiger partial charge in [-0.05, 0) is 48.5 Å². The molecule has 0 saturated heterocycles. The third kappa shape index (κ3) is 5.04. The molecule has 3 rings (SSSR count). The molecule has 0 atom stereocenters. The Bertz CT molecular complexity index is 839. The van der Waals surface area contributed by atoms with Crippen LogP contribution in [-0.2, 0) is 4.79 Å². The summed E-state index contributed by atoms with van der Waals surface area (Å²) in [5.41, 5.74) is 0.382. The standard InChI is InChI=1S/C19H15FN2O3/c20-14-4-3-5-15(12-14)22-18(23)13-24-16-7-9-17(10-8-16)25-19-6-1-2-11-21-19/h1-12H,13H2,(H,22,23). The van der Waals surface area contributed by atoms with Crippen LogP contribution in [0.3, 0.4) is 0 Å². The summed E-state index contributed by atoms with van der Waals surface area (Å²) in [6.45, 7) is -0.184. The number of hydrogen-bond acceptors (Lipinski definition) is 4. The number of ether oxygens (including phenoxy) is 2. The lowest BCUT2D eigenvalue weighted by molar-refractivity contribution is -0.118. The van der Waals surface area contributed by atoms with Crippen LogP contribution in [0.1, 0.15) is 0 Å². The summed E-state index contributed by atoms with van der Waals surface area (Å²) in [7, 11) is 0. The molecule has 0 radical (unpaired) electrons. The molecule has 0 saturated carbocycles. The van der Waals surface area contributed by atoms with E-state index in [9.17, 15) is 9.18 Å². The number of halogens is 1. The van der Waals surface area contributed by atoms with Crippen LogP contribution in [0.2, 0.25) is 0 Å². The van der Waals surface area contributed by atoms with Crippen molar-refractivity contribution >= 4 is 11.6 Å². The number of nitrogens with zero attached hydrogens (tertiary/aromatic N) is 1. The predicted molar refractivity (Wildman–Crippen MR) is 91.3 cm³/mol. The number of aromatic nitrogens is 1. The highest BCUT2D eigenvalue weighted by Gasteiger charge is 2.05. The average Bonchev–Trinajstić information content (AvgIpc) is 2.62. The Labute approximate surface area is 144 Å². The predicted octanol–water partition coefficient (Wildman–Crippen LogP) is 4.03. The van der Waals surface area contributed by atoms with Crippen LogP contribution in [0.15, 0.2) is 72.9 Å². The molecular weight excluding hydrogens is 323 g/mol. The van der Waals surface area contributed by atoms with Crippen molar-refractivity contribution in [2.24, 2.45) is 0 Å². The van der Waals surface area contributed by atoms with E-state index in [-0.39, 0.29) is 12.5 Å². The number of rotatable bonds is 6. The van der Waals surface area contributed by atoms with Crippen molar-refractivity contribution in [2.45, 2.75) is 0 Å². The number of nitrogens with one attached hydrogen (secondary N) is 1. The number of hydrogen-bond donors (Lipinski definition) is 1. The Hall–Kier alpha value is -3.41. The molecule has 0 fully saturated rings. The van der Waals surface area contributed by atoms with Gasteiger partial charge in [0.25, 0.3) is 5.91 Å². The molecule has 1 N–H and O–H groups in total. The second-order valence-electron chi connectivity index (χ2n) is 5.09. The Morgan fingerprint density at radius 3 is 2.52 bits per heavy atom. The molecule has 2 aromatic carbocycles. The molecule has 126 valence electrons. The lowest BCUT2D eigenvalue weighted by atomic mass is 10.3. The number of carbonyl (C=O) groups is 1. The molecule has 0 unspecified atom stereocenters. The van der Waals surface area contributed by atoms with Crippen LogP contribution < -0.4 is 14.8 Å². The molecule has 0 aliphatic rings. The second kappa shape index (κ2) is 7.92. The minimum Gasteiger partial charge on any atom is -0.484 e. The van der Waals surface area contributed by atoms with Gasteiger partial charge in [0.05, 0.1) is 0 Å². The molecule has 0 aliphatic carbocycles. The van der Waals surface area contributed by atoms with Gasteiger partial charge in [-0.15, -0.1) is 0 Å². The van der Waals surface area contributed by atoms with Crippen molar-refractivity contribution in [1.82, 2.24) is 4.98 Å². The highest BCUT2D eigenvalue weighted by molar-refractivity contribution is 5.91. The molecule has 6 heteroatoms. The largest absolute Gasteiger partial charge is 0.484 e. The second-order valence-corrected chi connectivity index (χ2v) is 5.09. The van der Waals surface area contributed by atoms with Crippen molar-refractivity contribution in [3.05, 3.63) is 78.7 Å². The molecule has 1 heterocycles. The van der Waals surface area contributed by atoms with Crippen LogP contribution >= 0.6 is 0 Å². The molecule has 1 amide bonds. The maximum Gasteiger partial charge on any atom is 0.262 e. The molecule has 5 nitrogen and oxygen atoms in total. The van der Waals surface area contributed by atoms with E-state index in [4.69, 9.17) is 9.47 Å². The van der Waals surface area contributed by atoms with Crippen LogP contribution in [0, 0.1) is 5.82 Å². The Morgan fingerprint density at radius 2 is 1.80 bits per heavy atom. The normalized spacial score (nSPS) is 10.1. The SMILES string of the molecule is O=C(COc1ccc(Oc2ccccn2)cc1)Nc1cccc(F)c1. The number of benzene rings is 2. The van der Waals surface area contributed by atoms with E-state index >= 15 is 0 Å². The summed E-state index contributed by atoms with van der Waals surface area (Å²) in [6.07, 6.45) is 1.64. The fraction of sp³-hybridized carbons (Fsp3) is 0.0526. The zero-order valence-corrected chi connectivity index (χ0v) is 13.2. The molecule has 0 spiro atoms. The molecule has 3 aromatic rings. The van der Waals surface area contributed by atoms with E-state index in [2.05, 4.69) is 10.3 Å². The van der Waals surface area contributed by atoms with Gasteiger partial charge in [0, 0.05) is 18.0 Å². The van der Waals surface area contributed by atoms with Gasteiger partial charge in [0.2, 0.25) is 5.88 Å². The molecular formula is C19H15FN2O3. The fourth-order valence-electron chi connectivity index (χ4n) is 2.04. The number of pyridine rings is 1. The Kier molecular flexibility index (Phi) is 5.21. The maximum atomic E-state index is 13.1. The van der Waals surface area contributed by atoms with Crippen LogP contribution in [-0.4, -0.2) is 17.5 Å². The first-order valence-electron chi connectivity index (χ1n) is 7.56. The summed E-state index contributed by atoms with van der Waals surface area (Å²) in [5, 5.41) is 2.56. The van der Waals surface area contributed by atoms with Gasteiger partial charge < -0.3 is 14.8 Å². The van der Waals surface area contributed by atoms with Gasteiger partial charge in [-0.3, -0.25) is 4.79 Å². The molecule has 0 aliphatic heterocycles. The van der Waals surface area contributed by atoms with Crippen LogP contribution in [0.5, 0.6) is 17.4 Å². The minimum absolute atomic E-state index is 0.184. The number of anilines is 1. The van der Waals surface area contributed by atoms with E-state index in [1.807, 2.05) is 6.07 Å². The van der Waals surface area contributed by atoms with Gasteiger partial charge >= 0.3 is 0 Å². The first kappa shape index (κ1) is 16.4. The van der Waals surface area contributed by atoms with Gasteiger partial charge in [-0.1, -0.05) is 12.1 Å². The van der Waals surface area contributed by atoms with E-state index in [1.165, 1.54) is 18.2 Å². The number of amides is 1. The van der Waals surface area contributed by atoms with Crippen molar-refractivity contribution < 1.29 is 18.7 Å². The summed E-state index contributed by atoms with van der Waals surface area (Å²) >= 11 is 0. The van der Waals surface area contributed by atoms with Crippen molar-refractivity contribution in [3.63, 3.8) is 0 Å². The van der Waals surface area contributed by atoms with Gasteiger partial charge in [0.15, 0.2) is 6.61 Å². The van der Waals surface area contributed by atoms with Gasteiger partial charge in [-0.2, -0.15) is 0 Å². The quantitative estimate of drug-likeness (QED) is 0.737. The summed E-state index contributed by atoms with van der Waals surface area (Å²) < 4.78 is 24.0. The third-order valence-electron chi connectivity index (χ3n) is 3.16.